The molecule has 0 saturated carbocycles. The summed E-state index contributed by atoms with van der Waals surface area (Å²) in [7, 11) is -3.26. The quantitative estimate of drug-likeness (QED) is 0.519. The van der Waals surface area contributed by atoms with E-state index >= 15 is 0 Å². The van der Waals surface area contributed by atoms with Gasteiger partial charge in [0.15, 0.2) is 9.84 Å². The number of carboxylic acids is 1. The maximum Gasteiger partial charge on any atom is 0.407 e. The van der Waals surface area contributed by atoms with Gasteiger partial charge in [0.05, 0.1) is 17.4 Å². The fourth-order valence-electron chi connectivity index (χ4n) is 4.59. The molecule has 1 aliphatic carbocycles. The van der Waals surface area contributed by atoms with Crippen molar-refractivity contribution in [3.05, 3.63) is 59.7 Å². The Balaban J connectivity index is 1.38. The van der Waals surface area contributed by atoms with Gasteiger partial charge in [-0.25, -0.2) is 13.2 Å². The molecule has 2 unspecified atom stereocenters. The third-order valence-electron chi connectivity index (χ3n) is 6.30. The van der Waals surface area contributed by atoms with Crippen molar-refractivity contribution in [2.24, 2.45) is 0 Å². The van der Waals surface area contributed by atoms with Crippen molar-refractivity contribution in [3.63, 3.8) is 0 Å². The van der Waals surface area contributed by atoms with Crippen LogP contribution in [0.5, 0.6) is 0 Å². The van der Waals surface area contributed by atoms with E-state index in [2.05, 4.69) is 10.6 Å². The molecule has 0 spiro atoms. The van der Waals surface area contributed by atoms with Gasteiger partial charge in [-0.15, -0.1) is 0 Å². The van der Waals surface area contributed by atoms with Crippen molar-refractivity contribution in [2.75, 3.05) is 18.9 Å². The van der Waals surface area contributed by atoms with Crippen molar-refractivity contribution < 1.29 is 32.6 Å². The molecule has 1 aliphatic heterocycles. The topological polar surface area (TPSA) is 139 Å². The van der Waals surface area contributed by atoms with Crippen LogP contribution in [0, 0.1) is 0 Å². The van der Waals surface area contributed by atoms with E-state index in [0.717, 1.165) is 22.3 Å². The van der Waals surface area contributed by atoms with Gasteiger partial charge >= 0.3 is 12.1 Å². The Hall–Kier alpha value is -3.40. The van der Waals surface area contributed by atoms with E-state index in [1.54, 1.807) is 0 Å². The predicted octanol–water partition coefficient (Wildman–Crippen LogP) is 2.06. The maximum atomic E-state index is 12.5. The first-order valence-corrected chi connectivity index (χ1v) is 12.8. The zero-order chi connectivity index (χ0) is 24.3. The number of sulfone groups is 1. The van der Waals surface area contributed by atoms with Gasteiger partial charge in [0.2, 0.25) is 5.91 Å². The molecule has 0 bridgehead atoms. The molecule has 1 saturated heterocycles. The third kappa shape index (κ3) is 5.06. The number of nitrogens with one attached hydrogen (secondary N) is 2. The first-order chi connectivity index (χ1) is 16.3. The number of ether oxygens (including phenoxy) is 1. The molecule has 1 fully saturated rings. The highest BCUT2D eigenvalue weighted by molar-refractivity contribution is 7.92. The van der Waals surface area contributed by atoms with Crippen LogP contribution in [0.4, 0.5) is 4.79 Å². The molecule has 0 radical (unpaired) electrons. The van der Waals surface area contributed by atoms with E-state index in [1.165, 1.54) is 0 Å². The molecule has 3 N–H and O–H groups in total. The Morgan fingerprint density at radius 3 is 2.21 bits per heavy atom. The lowest BCUT2D eigenvalue weighted by atomic mass is 9.98. The number of hydrogen-bond acceptors (Lipinski definition) is 6. The number of fused-ring (bicyclic) bond motifs is 3. The Labute approximate surface area is 197 Å². The zero-order valence-corrected chi connectivity index (χ0v) is 19.2. The Morgan fingerprint density at radius 2 is 1.65 bits per heavy atom. The number of alkyl carbamates (subject to hydrolysis) is 1. The number of carbonyl (C=O) groups excluding carboxylic acids is 2. The van der Waals surface area contributed by atoms with E-state index in [9.17, 15) is 22.8 Å². The second kappa shape index (κ2) is 9.84. The Morgan fingerprint density at radius 1 is 1.03 bits per heavy atom. The van der Waals surface area contributed by atoms with Crippen molar-refractivity contribution in [2.45, 2.75) is 36.5 Å². The van der Waals surface area contributed by atoms with Gasteiger partial charge in [-0.2, -0.15) is 0 Å². The molecule has 4 rings (SSSR count). The van der Waals surface area contributed by atoms with Crippen LogP contribution in [0.15, 0.2) is 48.5 Å². The van der Waals surface area contributed by atoms with E-state index in [-0.39, 0.29) is 24.8 Å². The average molecular weight is 487 g/mol. The first kappa shape index (κ1) is 23.7. The Bertz CT molecular complexity index is 1170. The molecule has 10 heteroatoms. The fourth-order valence-corrected chi connectivity index (χ4v) is 6.36. The smallest absolute Gasteiger partial charge is 0.407 e. The summed E-state index contributed by atoms with van der Waals surface area (Å²) in [5.74, 6) is -2.16. The summed E-state index contributed by atoms with van der Waals surface area (Å²) in [4.78, 5) is 36.2. The summed E-state index contributed by atoms with van der Waals surface area (Å²) >= 11 is 0. The molecular weight excluding hydrogens is 460 g/mol. The molecule has 2 aromatic carbocycles. The lowest BCUT2D eigenvalue weighted by Crippen LogP contribution is -2.49. The summed E-state index contributed by atoms with van der Waals surface area (Å²) in [6.07, 6.45) is -0.615. The minimum atomic E-state index is -3.26. The minimum absolute atomic E-state index is 0.0155. The molecule has 2 amide bonds. The Kier molecular flexibility index (Phi) is 6.87. The highest BCUT2D eigenvalue weighted by Crippen LogP contribution is 2.44. The standard InChI is InChI=1S/C24H26N2O7S/c27-22(28)12-21(23(29)25-13-15-6-5-11-34(15,31)32)26-24(30)33-14-20-18-9-3-1-7-16(18)17-8-2-4-10-19(17)20/h1-4,7-10,15,20-21H,5-6,11-14H2,(H,25,29)(H,26,30)(H,27,28). The van der Waals surface area contributed by atoms with Gasteiger partial charge < -0.3 is 20.5 Å². The fraction of sp³-hybridized carbons (Fsp3) is 0.375. The molecule has 2 atom stereocenters. The van der Waals surface area contributed by atoms with Gasteiger partial charge in [-0.3, -0.25) is 9.59 Å². The normalized spacial score (nSPS) is 19.0. The van der Waals surface area contributed by atoms with Crippen molar-refractivity contribution in [1.29, 1.82) is 0 Å². The number of carbonyl (C=O) groups is 3. The lowest BCUT2D eigenvalue weighted by molar-refractivity contribution is -0.139. The van der Waals surface area contributed by atoms with E-state index in [1.807, 2.05) is 48.5 Å². The minimum Gasteiger partial charge on any atom is -0.481 e. The molecule has 2 aliphatic rings. The van der Waals surface area contributed by atoms with Crippen molar-refractivity contribution in [1.82, 2.24) is 10.6 Å². The second-order valence-corrected chi connectivity index (χ2v) is 10.9. The predicted molar refractivity (Wildman–Crippen MR) is 124 cm³/mol. The summed E-state index contributed by atoms with van der Waals surface area (Å²) in [5.41, 5.74) is 4.18. The molecule has 1 heterocycles. The van der Waals surface area contributed by atoms with Crippen LogP contribution >= 0.6 is 0 Å². The van der Waals surface area contributed by atoms with Crippen LogP contribution in [0.3, 0.4) is 0 Å². The lowest BCUT2D eigenvalue weighted by Gasteiger charge is -2.19. The van der Waals surface area contributed by atoms with Gasteiger partial charge in [-0.05, 0) is 35.1 Å². The molecule has 180 valence electrons. The van der Waals surface area contributed by atoms with Gasteiger partial charge in [0, 0.05) is 12.5 Å². The van der Waals surface area contributed by atoms with Crippen LogP contribution in [0.25, 0.3) is 11.1 Å². The van der Waals surface area contributed by atoms with Gasteiger partial charge in [0.25, 0.3) is 0 Å². The number of amides is 2. The average Bonchev–Trinajstić information content (AvgIpc) is 3.31. The highest BCUT2D eigenvalue weighted by Gasteiger charge is 2.33. The van der Waals surface area contributed by atoms with Crippen LogP contribution in [-0.2, 0) is 24.2 Å². The summed E-state index contributed by atoms with van der Waals surface area (Å²) in [6.45, 7) is -0.106. The third-order valence-corrected chi connectivity index (χ3v) is 8.57. The van der Waals surface area contributed by atoms with Crippen molar-refractivity contribution >= 4 is 27.8 Å². The maximum absolute atomic E-state index is 12.5. The summed E-state index contributed by atoms with van der Waals surface area (Å²) in [6, 6.07) is 14.3. The van der Waals surface area contributed by atoms with E-state index in [0.29, 0.717) is 12.8 Å². The van der Waals surface area contributed by atoms with Gasteiger partial charge in [-0.1, -0.05) is 48.5 Å². The highest BCUT2D eigenvalue weighted by atomic mass is 32.2. The number of benzene rings is 2. The van der Waals surface area contributed by atoms with Crippen molar-refractivity contribution in [3.8, 4) is 11.1 Å². The number of carboxylic acid groups (broad SMARTS) is 1. The first-order valence-electron chi connectivity index (χ1n) is 11.1. The summed E-state index contributed by atoms with van der Waals surface area (Å²) < 4.78 is 29.3. The molecule has 9 nitrogen and oxygen atoms in total. The molecule has 0 aromatic heterocycles. The number of hydrogen-bond donors (Lipinski definition) is 3. The number of aliphatic carboxylic acids is 1. The largest absolute Gasteiger partial charge is 0.481 e. The zero-order valence-electron chi connectivity index (χ0n) is 18.4. The summed E-state index contributed by atoms with van der Waals surface area (Å²) in [5, 5.41) is 13.2. The van der Waals surface area contributed by atoms with Crippen LogP contribution in [0.1, 0.15) is 36.3 Å². The monoisotopic (exact) mass is 486 g/mol. The van der Waals surface area contributed by atoms with Crippen LogP contribution in [-0.4, -0.2) is 61.7 Å². The van der Waals surface area contributed by atoms with E-state index < -0.39 is 45.5 Å². The SMILES string of the molecule is O=C(O)CC(NC(=O)OCC1c2ccccc2-c2ccccc21)C(=O)NCC1CCCS1(=O)=O. The second-order valence-electron chi connectivity index (χ2n) is 8.50. The molecule has 2 aromatic rings. The van der Waals surface area contributed by atoms with Gasteiger partial charge in [0.1, 0.15) is 12.6 Å². The molecule has 34 heavy (non-hydrogen) atoms. The molecular formula is C24H26N2O7S. The number of rotatable bonds is 8. The van der Waals surface area contributed by atoms with E-state index in [4.69, 9.17) is 9.84 Å². The van der Waals surface area contributed by atoms with Crippen LogP contribution in [0.2, 0.25) is 0 Å². The van der Waals surface area contributed by atoms with Crippen LogP contribution < -0.4 is 10.6 Å².